The summed E-state index contributed by atoms with van der Waals surface area (Å²) < 4.78 is 44.5. The first-order valence-electron chi connectivity index (χ1n) is 9.69. The number of anilines is 3. The van der Waals surface area contributed by atoms with Gasteiger partial charge in [-0.05, 0) is 31.2 Å². The molecule has 10 heteroatoms. The number of amides is 2. The summed E-state index contributed by atoms with van der Waals surface area (Å²) in [7, 11) is 0. The normalized spacial score (nSPS) is 13.4. The number of hydrogen-bond acceptors (Lipinski definition) is 5. The van der Waals surface area contributed by atoms with E-state index in [9.17, 15) is 27.6 Å². The number of rotatable bonds is 6. The fourth-order valence-electron chi connectivity index (χ4n) is 3.17. The predicted octanol–water partition coefficient (Wildman–Crippen LogP) is 3.94. The molecule has 0 spiro atoms. The Morgan fingerprint density at radius 2 is 1.78 bits per heavy atom. The number of alkyl halides is 3. The third-order valence-electron chi connectivity index (χ3n) is 4.50. The van der Waals surface area contributed by atoms with E-state index < -0.39 is 41.8 Å². The second-order valence-electron chi connectivity index (χ2n) is 6.81. The Labute approximate surface area is 181 Å². The van der Waals surface area contributed by atoms with Crippen LogP contribution in [-0.4, -0.2) is 30.9 Å². The van der Waals surface area contributed by atoms with Crippen molar-refractivity contribution >= 4 is 34.8 Å². The number of nitrogens with zero attached hydrogens (tertiary/aromatic N) is 1. The highest BCUT2D eigenvalue weighted by Gasteiger charge is 2.34. The monoisotopic (exact) mass is 447 g/mol. The lowest BCUT2D eigenvalue weighted by Gasteiger charge is -2.22. The van der Waals surface area contributed by atoms with Crippen molar-refractivity contribution in [2.75, 3.05) is 28.7 Å². The van der Waals surface area contributed by atoms with Crippen LogP contribution in [0.25, 0.3) is 0 Å². The lowest BCUT2D eigenvalue weighted by Crippen LogP contribution is -2.37. The van der Waals surface area contributed by atoms with Gasteiger partial charge in [-0.3, -0.25) is 19.3 Å². The van der Waals surface area contributed by atoms with Crippen LogP contribution in [0.5, 0.6) is 0 Å². The summed E-state index contributed by atoms with van der Waals surface area (Å²) >= 11 is 0. The van der Waals surface area contributed by atoms with Crippen LogP contribution >= 0.6 is 0 Å². The first kappa shape index (κ1) is 22.9. The Bertz CT molecular complexity index is 1070. The zero-order valence-corrected chi connectivity index (χ0v) is 17.0. The Morgan fingerprint density at radius 3 is 2.50 bits per heavy atom. The van der Waals surface area contributed by atoms with Crippen molar-refractivity contribution in [3.63, 3.8) is 0 Å². The second kappa shape index (κ2) is 9.54. The maximum absolute atomic E-state index is 13.2. The Balaban J connectivity index is 1.84. The number of fused-ring (bicyclic) bond motifs is 1. The van der Waals surface area contributed by atoms with Gasteiger partial charge in [0, 0.05) is 11.8 Å². The third-order valence-corrected chi connectivity index (χ3v) is 4.50. The van der Waals surface area contributed by atoms with Crippen LogP contribution < -0.4 is 15.5 Å². The molecule has 1 heterocycles. The van der Waals surface area contributed by atoms with Gasteiger partial charge in [-0.15, -0.1) is 0 Å². The van der Waals surface area contributed by atoms with Crippen LogP contribution in [0.4, 0.5) is 30.2 Å². The van der Waals surface area contributed by atoms with Crippen LogP contribution in [0.1, 0.15) is 18.9 Å². The summed E-state index contributed by atoms with van der Waals surface area (Å²) in [5.41, 5.74) is -0.332. The molecule has 0 atom stereocenters. The van der Waals surface area contributed by atoms with Gasteiger partial charge in [-0.25, -0.2) is 0 Å². The fourth-order valence-corrected chi connectivity index (χ4v) is 3.17. The van der Waals surface area contributed by atoms with Gasteiger partial charge in [0.25, 0.3) is 5.91 Å². The molecule has 1 aliphatic rings. The largest absolute Gasteiger partial charge is 0.466 e. The van der Waals surface area contributed by atoms with Crippen LogP contribution in [0.3, 0.4) is 0 Å². The zero-order valence-electron chi connectivity index (χ0n) is 17.0. The molecule has 0 aliphatic carbocycles. The van der Waals surface area contributed by atoms with E-state index in [4.69, 9.17) is 4.74 Å². The van der Waals surface area contributed by atoms with Gasteiger partial charge < -0.3 is 15.4 Å². The van der Waals surface area contributed by atoms with Gasteiger partial charge in [0.2, 0.25) is 5.91 Å². The van der Waals surface area contributed by atoms with E-state index in [0.717, 1.165) is 23.1 Å². The number of esters is 1. The molecule has 2 aromatic carbocycles. The molecule has 3 rings (SSSR count). The van der Waals surface area contributed by atoms with Crippen molar-refractivity contribution in [2.45, 2.75) is 19.5 Å². The number of nitrogens with one attached hydrogen (secondary N) is 2. The fraction of sp³-hybridized carbons (Fsp3) is 0.227. The average Bonchev–Trinajstić information content (AvgIpc) is 2.84. The lowest BCUT2D eigenvalue weighted by molar-refractivity contribution is -0.142. The zero-order chi connectivity index (χ0) is 23.3. The predicted molar refractivity (Wildman–Crippen MR) is 112 cm³/mol. The molecular formula is C22H20F3N3O4. The molecule has 2 aromatic rings. The molecule has 0 unspecified atom stereocenters. The molecule has 2 amide bonds. The molecule has 0 saturated carbocycles. The summed E-state index contributed by atoms with van der Waals surface area (Å²) in [6.07, 6.45) is -3.68. The van der Waals surface area contributed by atoms with E-state index in [2.05, 4.69) is 10.6 Å². The summed E-state index contributed by atoms with van der Waals surface area (Å²) in [6, 6.07) is 11.2. The number of halogens is 3. The molecule has 0 bridgehead atoms. The van der Waals surface area contributed by atoms with E-state index >= 15 is 0 Å². The third kappa shape index (κ3) is 5.45. The Hall–Kier alpha value is -3.82. The topological polar surface area (TPSA) is 87.7 Å². The molecule has 32 heavy (non-hydrogen) atoms. The maximum atomic E-state index is 13.2. The van der Waals surface area contributed by atoms with E-state index in [-0.39, 0.29) is 18.7 Å². The van der Waals surface area contributed by atoms with Crippen molar-refractivity contribution < 1.29 is 32.3 Å². The molecular weight excluding hydrogens is 427 g/mol. The highest BCUT2D eigenvalue weighted by Crippen LogP contribution is 2.35. The van der Waals surface area contributed by atoms with Crippen molar-refractivity contribution in [1.29, 1.82) is 0 Å². The molecule has 1 aliphatic heterocycles. The minimum absolute atomic E-state index is 0.183. The molecule has 0 saturated heterocycles. The smallest absolute Gasteiger partial charge is 0.418 e. The van der Waals surface area contributed by atoms with Gasteiger partial charge in [-0.2, -0.15) is 13.2 Å². The van der Waals surface area contributed by atoms with Crippen LogP contribution in [0.2, 0.25) is 0 Å². The van der Waals surface area contributed by atoms with Crippen LogP contribution in [-0.2, 0) is 25.3 Å². The quantitative estimate of drug-likeness (QED) is 0.655. The number of carbonyl (C=O) groups excluding carboxylic acids is 3. The maximum Gasteiger partial charge on any atom is 0.418 e. The van der Waals surface area contributed by atoms with Gasteiger partial charge in [0.15, 0.2) is 0 Å². The van der Waals surface area contributed by atoms with E-state index in [1.54, 1.807) is 31.2 Å². The van der Waals surface area contributed by atoms with Crippen molar-refractivity contribution in [2.24, 2.45) is 0 Å². The summed E-state index contributed by atoms with van der Waals surface area (Å²) in [4.78, 5) is 38.4. The van der Waals surface area contributed by atoms with E-state index in [1.165, 1.54) is 12.1 Å². The minimum Gasteiger partial charge on any atom is -0.466 e. The molecule has 168 valence electrons. The summed E-state index contributed by atoms with van der Waals surface area (Å²) in [6.45, 7) is 1.31. The van der Waals surface area contributed by atoms with E-state index in [1.807, 2.05) is 0 Å². The number of hydrogen-bond donors (Lipinski definition) is 2. The lowest BCUT2D eigenvalue weighted by atomic mass is 10.1. The number of para-hydroxylation sites is 3. The number of benzene rings is 2. The van der Waals surface area contributed by atoms with E-state index in [0.29, 0.717) is 11.4 Å². The van der Waals surface area contributed by atoms with Gasteiger partial charge in [0.05, 0.1) is 35.7 Å². The average molecular weight is 447 g/mol. The van der Waals surface area contributed by atoms with Gasteiger partial charge >= 0.3 is 12.1 Å². The highest BCUT2D eigenvalue weighted by molar-refractivity contribution is 6.10. The molecule has 0 aromatic heterocycles. The first-order valence-corrected chi connectivity index (χ1v) is 9.69. The Kier molecular flexibility index (Phi) is 6.82. The van der Waals surface area contributed by atoms with Crippen molar-refractivity contribution in [1.82, 2.24) is 0 Å². The molecule has 0 radical (unpaired) electrons. The standard InChI is InChI=1S/C22H20F3N3O4/c1-2-32-21(31)12-14-11-20(30)28(18-10-6-5-9-17(18)26-14)13-19(29)27-16-8-4-3-7-15(16)22(23,24)25/h3-11,26H,2,12-13H2,1H3,(H,27,29). The first-order chi connectivity index (χ1) is 15.2. The minimum atomic E-state index is -4.65. The second-order valence-corrected chi connectivity index (χ2v) is 6.81. The van der Waals surface area contributed by atoms with Crippen LogP contribution in [0, 0.1) is 0 Å². The van der Waals surface area contributed by atoms with Gasteiger partial charge in [0.1, 0.15) is 6.54 Å². The SMILES string of the molecule is CCOC(=O)CC1=CC(=O)N(CC(=O)Nc2ccccc2C(F)(F)F)c2ccccc2N1. The van der Waals surface area contributed by atoms with Gasteiger partial charge in [-0.1, -0.05) is 24.3 Å². The Morgan fingerprint density at radius 1 is 1.09 bits per heavy atom. The number of ether oxygens (including phenoxy) is 1. The highest BCUT2D eigenvalue weighted by atomic mass is 19.4. The van der Waals surface area contributed by atoms with Crippen LogP contribution in [0.15, 0.2) is 60.3 Å². The molecule has 0 fully saturated rings. The summed E-state index contributed by atoms with van der Waals surface area (Å²) in [5.74, 6) is -1.96. The van der Waals surface area contributed by atoms with Crippen molar-refractivity contribution in [3.05, 3.63) is 65.9 Å². The van der Waals surface area contributed by atoms with Crippen molar-refractivity contribution in [3.8, 4) is 0 Å². The number of carbonyl (C=O) groups is 3. The molecule has 7 nitrogen and oxygen atoms in total. The molecule has 2 N–H and O–H groups in total. The summed E-state index contributed by atoms with van der Waals surface area (Å²) in [5, 5.41) is 5.21.